The summed E-state index contributed by atoms with van der Waals surface area (Å²) in [5.74, 6) is -2.82. The Morgan fingerprint density at radius 2 is 1.83 bits per heavy atom. The lowest BCUT2D eigenvalue weighted by atomic mass is 10.1. The molecule has 2 aromatic rings. The lowest BCUT2D eigenvalue weighted by molar-refractivity contribution is -0.384. The van der Waals surface area contributed by atoms with Crippen LogP contribution in [-0.2, 0) is 19.1 Å². The van der Waals surface area contributed by atoms with Gasteiger partial charge in [0.2, 0.25) is 5.91 Å². The number of carbonyl (C=O) groups is 3. The van der Waals surface area contributed by atoms with Crippen LogP contribution in [0, 0.1) is 21.8 Å². The van der Waals surface area contributed by atoms with E-state index in [2.05, 4.69) is 5.32 Å². The molecule has 9 nitrogen and oxygen atoms in total. The van der Waals surface area contributed by atoms with Gasteiger partial charge in [0.25, 0.3) is 11.6 Å². The number of benzene rings is 2. The maximum atomic E-state index is 12.8. The fourth-order valence-corrected chi connectivity index (χ4v) is 2.85. The van der Waals surface area contributed by atoms with Crippen molar-refractivity contribution in [3.8, 4) is 0 Å². The van der Waals surface area contributed by atoms with Gasteiger partial charge >= 0.3 is 5.97 Å². The number of nitro groups is 1. The van der Waals surface area contributed by atoms with Gasteiger partial charge in [-0.3, -0.25) is 24.5 Å². The molecule has 0 saturated carbocycles. The van der Waals surface area contributed by atoms with Crippen molar-refractivity contribution in [1.82, 2.24) is 0 Å². The maximum Gasteiger partial charge on any atom is 0.311 e. The number of nitrogens with zero attached hydrogens (tertiary/aromatic N) is 2. The molecule has 0 aliphatic carbocycles. The molecular weight excluding hydrogens is 385 g/mol. The van der Waals surface area contributed by atoms with Crippen LogP contribution in [0.2, 0.25) is 0 Å². The summed E-state index contributed by atoms with van der Waals surface area (Å²) >= 11 is 0. The van der Waals surface area contributed by atoms with Gasteiger partial charge in [-0.25, -0.2) is 4.39 Å². The summed E-state index contributed by atoms with van der Waals surface area (Å²) in [4.78, 5) is 47.7. The Labute approximate surface area is 164 Å². The normalized spacial score (nSPS) is 15.8. The van der Waals surface area contributed by atoms with Crippen LogP contribution in [0.5, 0.6) is 0 Å². The van der Waals surface area contributed by atoms with Crippen molar-refractivity contribution < 1.29 is 28.4 Å². The van der Waals surface area contributed by atoms with Gasteiger partial charge in [0.05, 0.1) is 10.8 Å². The number of nitro benzene ring substituents is 1. The number of anilines is 2. The summed E-state index contributed by atoms with van der Waals surface area (Å²) in [5.41, 5.74) is 0.682. The van der Waals surface area contributed by atoms with Crippen molar-refractivity contribution >= 4 is 34.8 Å². The predicted molar refractivity (Wildman–Crippen MR) is 99.5 cm³/mol. The van der Waals surface area contributed by atoms with Gasteiger partial charge < -0.3 is 15.0 Å². The SMILES string of the molecule is O=C(COC(=O)[C@@H]1CC(=O)N(c2ccc([N+](=O)[O-])cc2)C1)Nc1ccc(F)cc1. The first kappa shape index (κ1) is 19.9. The van der Waals surface area contributed by atoms with E-state index in [9.17, 15) is 28.9 Å². The number of non-ortho nitro benzene ring substituents is 1. The number of hydrogen-bond acceptors (Lipinski definition) is 6. The van der Waals surface area contributed by atoms with Crippen molar-refractivity contribution in [2.45, 2.75) is 6.42 Å². The minimum Gasteiger partial charge on any atom is -0.455 e. The topological polar surface area (TPSA) is 119 Å². The second-order valence-electron chi connectivity index (χ2n) is 6.34. The molecule has 1 fully saturated rings. The largest absolute Gasteiger partial charge is 0.455 e. The van der Waals surface area contributed by atoms with Gasteiger partial charge in [-0.2, -0.15) is 0 Å². The van der Waals surface area contributed by atoms with Gasteiger partial charge in [0.15, 0.2) is 6.61 Å². The third-order valence-corrected chi connectivity index (χ3v) is 4.30. The van der Waals surface area contributed by atoms with Crippen LogP contribution in [0.3, 0.4) is 0 Å². The molecule has 0 spiro atoms. The van der Waals surface area contributed by atoms with Crippen LogP contribution >= 0.6 is 0 Å². The average molecular weight is 401 g/mol. The van der Waals surface area contributed by atoms with E-state index < -0.39 is 35.1 Å². The van der Waals surface area contributed by atoms with Crippen molar-refractivity contribution in [2.24, 2.45) is 5.92 Å². The minimum absolute atomic E-state index is 0.0507. The number of rotatable bonds is 6. The van der Waals surface area contributed by atoms with Gasteiger partial charge in [0, 0.05) is 36.5 Å². The number of ether oxygens (including phenoxy) is 1. The quantitative estimate of drug-likeness (QED) is 0.451. The molecule has 3 rings (SSSR count). The molecule has 0 aromatic heterocycles. The predicted octanol–water partition coefficient (Wildman–Crippen LogP) is 2.27. The van der Waals surface area contributed by atoms with Crippen LogP contribution in [0.1, 0.15) is 6.42 Å². The molecule has 0 unspecified atom stereocenters. The van der Waals surface area contributed by atoms with Crippen LogP contribution in [0.15, 0.2) is 48.5 Å². The van der Waals surface area contributed by atoms with E-state index in [1.54, 1.807) is 0 Å². The zero-order chi connectivity index (χ0) is 21.0. The average Bonchev–Trinajstić information content (AvgIpc) is 3.09. The van der Waals surface area contributed by atoms with Crippen molar-refractivity contribution in [3.63, 3.8) is 0 Å². The molecule has 1 saturated heterocycles. The third kappa shape index (κ3) is 4.92. The first-order chi connectivity index (χ1) is 13.8. The molecule has 1 aliphatic rings. The highest BCUT2D eigenvalue weighted by molar-refractivity contribution is 6.00. The van der Waals surface area contributed by atoms with Gasteiger partial charge in [-0.1, -0.05) is 0 Å². The number of hydrogen-bond donors (Lipinski definition) is 1. The van der Waals surface area contributed by atoms with Gasteiger partial charge in [0.1, 0.15) is 5.82 Å². The fraction of sp³-hybridized carbons (Fsp3) is 0.211. The van der Waals surface area contributed by atoms with Crippen LogP contribution in [-0.4, -0.2) is 35.9 Å². The summed E-state index contributed by atoms with van der Waals surface area (Å²) in [6, 6.07) is 10.5. The molecular formula is C19H16FN3O6. The number of esters is 1. The highest BCUT2D eigenvalue weighted by Crippen LogP contribution is 2.27. The Kier molecular flexibility index (Phi) is 5.82. The Morgan fingerprint density at radius 3 is 2.45 bits per heavy atom. The molecule has 2 aromatic carbocycles. The number of carbonyl (C=O) groups excluding carboxylic acids is 3. The van der Waals surface area contributed by atoms with Crippen molar-refractivity contribution in [2.75, 3.05) is 23.4 Å². The summed E-state index contributed by atoms with van der Waals surface area (Å²) < 4.78 is 17.8. The molecule has 150 valence electrons. The third-order valence-electron chi connectivity index (χ3n) is 4.30. The van der Waals surface area contributed by atoms with Crippen LogP contribution in [0.4, 0.5) is 21.5 Å². The second-order valence-corrected chi connectivity index (χ2v) is 6.34. The highest BCUT2D eigenvalue weighted by Gasteiger charge is 2.36. The van der Waals surface area contributed by atoms with Crippen molar-refractivity contribution in [1.29, 1.82) is 0 Å². The van der Waals surface area contributed by atoms with E-state index in [0.717, 1.165) is 0 Å². The Hall–Kier alpha value is -3.82. The summed E-state index contributed by atoms with van der Waals surface area (Å²) in [5, 5.41) is 13.2. The van der Waals surface area contributed by atoms with E-state index in [1.165, 1.54) is 53.4 Å². The Bertz CT molecular complexity index is 945. The molecule has 29 heavy (non-hydrogen) atoms. The fourth-order valence-electron chi connectivity index (χ4n) is 2.85. The van der Waals surface area contributed by atoms with E-state index in [4.69, 9.17) is 4.74 Å². The molecule has 1 heterocycles. The van der Waals surface area contributed by atoms with E-state index in [-0.39, 0.29) is 24.6 Å². The molecule has 0 bridgehead atoms. The lowest BCUT2D eigenvalue weighted by Gasteiger charge is -2.16. The Balaban J connectivity index is 1.52. The molecule has 10 heteroatoms. The summed E-state index contributed by atoms with van der Waals surface area (Å²) in [7, 11) is 0. The summed E-state index contributed by atoms with van der Waals surface area (Å²) in [6.45, 7) is -0.493. The first-order valence-corrected chi connectivity index (χ1v) is 8.60. The number of nitrogens with one attached hydrogen (secondary N) is 1. The van der Waals surface area contributed by atoms with E-state index in [1.807, 2.05) is 0 Å². The maximum absolute atomic E-state index is 12.8. The smallest absolute Gasteiger partial charge is 0.311 e. The first-order valence-electron chi connectivity index (χ1n) is 8.60. The van der Waals surface area contributed by atoms with E-state index >= 15 is 0 Å². The zero-order valence-electron chi connectivity index (χ0n) is 15.0. The van der Waals surface area contributed by atoms with Gasteiger partial charge in [-0.05, 0) is 36.4 Å². The molecule has 1 aliphatic heterocycles. The number of amides is 2. The van der Waals surface area contributed by atoms with Crippen molar-refractivity contribution in [3.05, 3.63) is 64.5 Å². The summed E-state index contributed by atoms with van der Waals surface area (Å²) in [6.07, 6.45) is -0.0879. The number of halogens is 1. The second kappa shape index (κ2) is 8.46. The Morgan fingerprint density at radius 1 is 1.17 bits per heavy atom. The van der Waals surface area contributed by atoms with E-state index in [0.29, 0.717) is 11.4 Å². The van der Waals surface area contributed by atoms with Crippen LogP contribution in [0.25, 0.3) is 0 Å². The lowest BCUT2D eigenvalue weighted by Crippen LogP contribution is -2.28. The molecule has 0 radical (unpaired) electrons. The monoisotopic (exact) mass is 401 g/mol. The molecule has 2 amide bonds. The van der Waals surface area contributed by atoms with Crippen LogP contribution < -0.4 is 10.2 Å². The minimum atomic E-state index is -0.753. The molecule has 1 N–H and O–H groups in total. The zero-order valence-corrected chi connectivity index (χ0v) is 15.0. The van der Waals surface area contributed by atoms with Gasteiger partial charge in [-0.15, -0.1) is 0 Å². The molecule has 1 atom stereocenters. The standard InChI is InChI=1S/C19H16FN3O6/c20-13-1-3-14(4-2-13)21-17(24)11-29-19(26)12-9-18(25)22(10-12)15-5-7-16(8-6-15)23(27)28/h1-8,12H,9-11H2,(H,21,24)/t12-/m1/s1. The highest BCUT2D eigenvalue weighted by atomic mass is 19.1.